The lowest BCUT2D eigenvalue weighted by Gasteiger charge is -2.22. The summed E-state index contributed by atoms with van der Waals surface area (Å²) < 4.78 is 28.5. The largest absolute Gasteiger partial charge is 0.325 e. The molecule has 3 rings (SSSR count). The summed E-state index contributed by atoms with van der Waals surface area (Å²) in [6, 6.07) is 22.9. The maximum Gasteiger partial charge on any atom is 0.243 e. The van der Waals surface area contributed by atoms with Crippen LogP contribution in [0.2, 0.25) is 0 Å². The minimum atomic E-state index is -3.85. The van der Waals surface area contributed by atoms with Gasteiger partial charge in [-0.3, -0.25) is 4.79 Å². The molecule has 0 bridgehead atoms. The zero-order chi connectivity index (χ0) is 20.9. The summed E-state index contributed by atoms with van der Waals surface area (Å²) in [5.74, 6) is -0.404. The van der Waals surface area contributed by atoms with Crippen molar-refractivity contribution in [1.29, 1.82) is 0 Å². The van der Waals surface area contributed by atoms with E-state index in [1.54, 1.807) is 48.5 Å². The molecule has 150 valence electrons. The molecule has 0 heterocycles. The summed E-state index contributed by atoms with van der Waals surface area (Å²) in [6.45, 7) is 1.70. The van der Waals surface area contributed by atoms with E-state index >= 15 is 0 Å². The van der Waals surface area contributed by atoms with Crippen LogP contribution in [0.25, 0.3) is 0 Å². The van der Waals surface area contributed by atoms with Gasteiger partial charge >= 0.3 is 0 Å². The van der Waals surface area contributed by atoms with Crippen molar-refractivity contribution >= 4 is 37.5 Å². The molecule has 3 aromatic rings. The number of carbonyl (C=O) groups is 1. The quantitative estimate of drug-likeness (QED) is 0.546. The Bertz CT molecular complexity index is 1070. The summed E-state index contributed by atoms with van der Waals surface area (Å²) in [4.78, 5) is 12.8. The van der Waals surface area contributed by atoms with Crippen molar-refractivity contribution in [2.45, 2.75) is 18.4 Å². The second-order valence-corrected chi connectivity index (χ2v) is 9.48. The van der Waals surface area contributed by atoms with Crippen LogP contribution in [0.15, 0.2) is 88.2 Å². The first kappa shape index (κ1) is 21.2. The lowest BCUT2D eigenvalue weighted by molar-refractivity contribution is -0.116. The van der Waals surface area contributed by atoms with Gasteiger partial charge in [-0.15, -0.1) is 0 Å². The van der Waals surface area contributed by atoms with Gasteiger partial charge in [-0.1, -0.05) is 64.0 Å². The number of nitrogens with zero attached hydrogens (tertiary/aromatic N) is 1. The number of sulfonamides is 1. The molecule has 7 heteroatoms. The van der Waals surface area contributed by atoms with Crippen LogP contribution in [0.1, 0.15) is 11.1 Å². The molecule has 0 aliphatic carbocycles. The monoisotopic (exact) mass is 472 g/mol. The normalized spacial score (nSPS) is 11.4. The second kappa shape index (κ2) is 9.35. The average molecular weight is 473 g/mol. The number of nitrogens with one attached hydrogen (secondary N) is 1. The summed E-state index contributed by atoms with van der Waals surface area (Å²) in [5.41, 5.74) is 2.37. The SMILES string of the molecule is Cc1ccc(S(=O)(=O)N(CC(=O)Nc2ccc(Br)cc2)Cc2ccccc2)cc1. The van der Waals surface area contributed by atoms with Crippen molar-refractivity contribution in [3.63, 3.8) is 0 Å². The molecule has 1 amide bonds. The van der Waals surface area contributed by atoms with Gasteiger partial charge in [0.2, 0.25) is 15.9 Å². The molecule has 0 aliphatic rings. The highest BCUT2D eigenvalue weighted by atomic mass is 79.9. The molecule has 29 heavy (non-hydrogen) atoms. The Labute approximate surface area is 179 Å². The summed E-state index contributed by atoms with van der Waals surface area (Å²) in [7, 11) is -3.85. The predicted molar refractivity (Wildman–Crippen MR) is 118 cm³/mol. The highest BCUT2D eigenvalue weighted by Gasteiger charge is 2.27. The number of rotatable bonds is 7. The van der Waals surface area contributed by atoms with E-state index in [2.05, 4.69) is 21.2 Å². The van der Waals surface area contributed by atoms with Gasteiger partial charge in [0.25, 0.3) is 0 Å². The third-order valence-corrected chi connectivity index (χ3v) is 6.64. The maximum atomic E-state index is 13.2. The third-order valence-electron chi connectivity index (χ3n) is 4.31. The van der Waals surface area contributed by atoms with Crippen LogP contribution in [0.4, 0.5) is 5.69 Å². The molecule has 0 saturated carbocycles. The molecule has 3 aromatic carbocycles. The van der Waals surface area contributed by atoms with E-state index in [1.807, 2.05) is 37.3 Å². The first-order valence-electron chi connectivity index (χ1n) is 9.01. The van der Waals surface area contributed by atoms with Crippen molar-refractivity contribution in [3.8, 4) is 0 Å². The maximum absolute atomic E-state index is 13.2. The highest BCUT2D eigenvalue weighted by Crippen LogP contribution is 2.20. The molecular formula is C22H21BrN2O3S. The van der Waals surface area contributed by atoms with Crippen LogP contribution < -0.4 is 5.32 Å². The number of hydrogen-bond acceptors (Lipinski definition) is 3. The predicted octanol–water partition coefficient (Wildman–Crippen LogP) is 4.59. The molecule has 0 aliphatic heterocycles. The van der Waals surface area contributed by atoms with Gasteiger partial charge in [-0.05, 0) is 48.9 Å². The van der Waals surface area contributed by atoms with Crippen molar-refractivity contribution in [2.24, 2.45) is 0 Å². The Morgan fingerprint density at radius 1 is 0.931 bits per heavy atom. The minimum absolute atomic E-state index is 0.102. The minimum Gasteiger partial charge on any atom is -0.325 e. The Morgan fingerprint density at radius 2 is 1.55 bits per heavy atom. The fraction of sp³-hybridized carbons (Fsp3) is 0.136. The molecule has 1 N–H and O–H groups in total. The van der Waals surface area contributed by atoms with Crippen LogP contribution in [0.3, 0.4) is 0 Å². The van der Waals surface area contributed by atoms with Crippen molar-refractivity contribution in [1.82, 2.24) is 4.31 Å². The van der Waals surface area contributed by atoms with E-state index in [0.29, 0.717) is 5.69 Å². The van der Waals surface area contributed by atoms with Crippen molar-refractivity contribution in [3.05, 3.63) is 94.5 Å². The zero-order valence-corrected chi connectivity index (χ0v) is 18.3. The van der Waals surface area contributed by atoms with Gasteiger partial charge in [0, 0.05) is 16.7 Å². The fourth-order valence-electron chi connectivity index (χ4n) is 2.77. The van der Waals surface area contributed by atoms with Gasteiger partial charge in [0.05, 0.1) is 11.4 Å². The van der Waals surface area contributed by atoms with E-state index in [0.717, 1.165) is 15.6 Å². The van der Waals surface area contributed by atoms with E-state index < -0.39 is 15.9 Å². The molecule has 0 aromatic heterocycles. The molecular weight excluding hydrogens is 452 g/mol. The first-order chi connectivity index (χ1) is 13.8. The fourth-order valence-corrected chi connectivity index (χ4v) is 4.41. The number of amides is 1. The molecule has 0 fully saturated rings. The topological polar surface area (TPSA) is 66.5 Å². The van der Waals surface area contributed by atoms with Crippen LogP contribution in [-0.4, -0.2) is 25.2 Å². The highest BCUT2D eigenvalue weighted by molar-refractivity contribution is 9.10. The molecule has 5 nitrogen and oxygen atoms in total. The Morgan fingerprint density at radius 3 is 2.17 bits per heavy atom. The van der Waals surface area contributed by atoms with E-state index in [9.17, 15) is 13.2 Å². The number of hydrogen-bond donors (Lipinski definition) is 1. The van der Waals surface area contributed by atoms with Gasteiger partial charge in [-0.25, -0.2) is 8.42 Å². The van der Waals surface area contributed by atoms with Gasteiger partial charge in [0.15, 0.2) is 0 Å². The number of anilines is 1. The van der Waals surface area contributed by atoms with Crippen LogP contribution >= 0.6 is 15.9 Å². The van der Waals surface area contributed by atoms with Gasteiger partial charge in [0.1, 0.15) is 0 Å². The van der Waals surface area contributed by atoms with Gasteiger partial charge in [-0.2, -0.15) is 4.31 Å². The molecule has 0 unspecified atom stereocenters. The zero-order valence-electron chi connectivity index (χ0n) is 15.9. The van der Waals surface area contributed by atoms with E-state index in [4.69, 9.17) is 0 Å². The van der Waals surface area contributed by atoms with E-state index in [-0.39, 0.29) is 18.0 Å². The van der Waals surface area contributed by atoms with Crippen LogP contribution in [0, 0.1) is 6.92 Å². The molecule has 0 radical (unpaired) electrons. The summed E-state index contributed by atoms with van der Waals surface area (Å²) >= 11 is 3.35. The summed E-state index contributed by atoms with van der Waals surface area (Å²) in [5, 5.41) is 2.75. The van der Waals surface area contributed by atoms with Crippen LogP contribution in [0.5, 0.6) is 0 Å². The average Bonchev–Trinajstić information content (AvgIpc) is 2.70. The lowest BCUT2D eigenvalue weighted by atomic mass is 10.2. The summed E-state index contributed by atoms with van der Waals surface area (Å²) in [6.07, 6.45) is 0. The first-order valence-corrected chi connectivity index (χ1v) is 11.2. The number of halogens is 1. The van der Waals surface area contributed by atoms with E-state index in [1.165, 1.54) is 4.31 Å². The van der Waals surface area contributed by atoms with Gasteiger partial charge < -0.3 is 5.32 Å². The number of carbonyl (C=O) groups excluding carboxylic acids is 1. The number of benzene rings is 3. The van der Waals surface area contributed by atoms with Crippen molar-refractivity contribution < 1.29 is 13.2 Å². The Kier molecular flexibility index (Phi) is 6.84. The molecule has 0 spiro atoms. The third kappa shape index (κ3) is 5.76. The number of aryl methyl sites for hydroxylation is 1. The van der Waals surface area contributed by atoms with Crippen LogP contribution in [-0.2, 0) is 21.4 Å². The van der Waals surface area contributed by atoms with Crippen molar-refractivity contribution in [2.75, 3.05) is 11.9 Å². The standard InChI is InChI=1S/C22H21BrN2O3S/c1-17-7-13-21(14-8-17)29(27,28)25(15-18-5-3-2-4-6-18)16-22(26)24-20-11-9-19(23)10-12-20/h2-14H,15-16H2,1H3,(H,24,26). The molecule has 0 saturated heterocycles. The molecule has 0 atom stereocenters. The lowest BCUT2D eigenvalue weighted by Crippen LogP contribution is -2.37. The Hall–Kier alpha value is -2.48. The second-order valence-electron chi connectivity index (χ2n) is 6.63. The smallest absolute Gasteiger partial charge is 0.243 e. The Balaban J connectivity index is 1.85.